The summed E-state index contributed by atoms with van der Waals surface area (Å²) in [5.74, 6) is 1.44. The fourth-order valence-corrected chi connectivity index (χ4v) is 8.20. The van der Waals surface area contributed by atoms with Crippen LogP contribution in [0.1, 0.15) is 80.1 Å². The Morgan fingerprint density at radius 3 is 2.47 bits per heavy atom. The minimum absolute atomic E-state index is 0.0444. The second-order valence-corrected chi connectivity index (χ2v) is 18.1. The first-order valence-electron chi connectivity index (χ1n) is 12.8. The third-order valence-corrected chi connectivity index (χ3v) is 14.3. The Morgan fingerprint density at radius 2 is 1.88 bits per heavy atom. The van der Waals surface area contributed by atoms with Gasteiger partial charge in [-0.3, -0.25) is 0 Å². The molecule has 0 radical (unpaired) electrons. The summed E-state index contributed by atoms with van der Waals surface area (Å²) in [4.78, 5) is 13.1. The van der Waals surface area contributed by atoms with E-state index in [0.717, 1.165) is 12.8 Å². The van der Waals surface area contributed by atoms with Crippen LogP contribution in [-0.2, 0) is 14.0 Å². The van der Waals surface area contributed by atoms with Gasteiger partial charge in [-0.05, 0) is 85.2 Å². The Labute approximate surface area is 198 Å². The predicted molar refractivity (Wildman–Crippen MR) is 136 cm³/mol. The van der Waals surface area contributed by atoms with Crippen molar-refractivity contribution in [3.63, 3.8) is 0 Å². The van der Waals surface area contributed by atoms with Crippen molar-refractivity contribution in [3.05, 3.63) is 24.3 Å². The summed E-state index contributed by atoms with van der Waals surface area (Å²) in [6, 6.07) is 0. The lowest BCUT2D eigenvalue weighted by Gasteiger charge is -2.47. The van der Waals surface area contributed by atoms with Crippen molar-refractivity contribution in [3.8, 4) is 0 Å². The van der Waals surface area contributed by atoms with Gasteiger partial charge in [0.1, 0.15) is 6.10 Å². The topological polar surface area (TPSA) is 35.5 Å². The van der Waals surface area contributed by atoms with Crippen molar-refractivity contribution in [1.82, 2.24) is 0 Å². The number of ether oxygens (including phenoxy) is 1. The number of methoxy groups -OCH3 is 1. The molecule has 0 unspecified atom stereocenters. The molecule has 32 heavy (non-hydrogen) atoms. The number of hydrogen-bond acceptors (Lipinski definition) is 3. The molecule has 0 bridgehead atoms. The van der Waals surface area contributed by atoms with Gasteiger partial charge in [-0.2, -0.15) is 0 Å². The maximum Gasteiger partial charge on any atom is 0.334 e. The van der Waals surface area contributed by atoms with Gasteiger partial charge in [0.2, 0.25) is 0 Å². The highest BCUT2D eigenvalue weighted by Gasteiger charge is 2.58. The second-order valence-electron chi connectivity index (χ2n) is 13.3. The molecule has 0 aromatic heterocycles. The van der Waals surface area contributed by atoms with Crippen molar-refractivity contribution in [2.24, 2.45) is 34.5 Å². The minimum Gasteiger partial charge on any atom is -0.467 e. The van der Waals surface area contributed by atoms with Gasteiger partial charge in [0, 0.05) is 5.92 Å². The molecule has 3 aliphatic rings. The van der Waals surface area contributed by atoms with Crippen LogP contribution in [0.4, 0.5) is 0 Å². The Morgan fingerprint density at radius 1 is 1.22 bits per heavy atom. The summed E-state index contributed by atoms with van der Waals surface area (Å²) in [5, 5.41) is 0.0444. The molecule has 3 rings (SSSR count). The van der Waals surface area contributed by atoms with E-state index in [1.165, 1.54) is 38.4 Å². The van der Waals surface area contributed by atoms with Gasteiger partial charge in [-0.1, -0.05) is 65.8 Å². The zero-order valence-corrected chi connectivity index (χ0v) is 23.2. The molecule has 0 N–H and O–H groups in total. The molecule has 2 saturated carbocycles. The summed E-state index contributed by atoms with van der Waals surface area (Å²) in [6.07, 6.45) is 11.2. The van der Waals surface area contributed by atoms with E-state index in [2.05, 4.69) is 73.4 Å². The van der Waals surface area contributed by atoms with E-state index < -0.39 is 14.4 Å². The van der Waals surface area contributed by atoms with Crippen LogP contribution in [0.15, 0.2) is 24.3 Å². The number of carbonyl (C=O) groups excluding carboxylic acids is 1. The third-order valence-electron chi connectivity index (χ3n) is 9.89. The van der Waals surface area contributed by atoms with Gasteiger partial charge in [-0.15, -0.1) is 0 Å². The Balaban J connectivity index is 1.97. The maximum absolute atomic E-state index is 13.1. The largest absolute Gasteiger partial charge is 0.467 e. The van der Waals surface area contributed by atoms with E-state index in [4.69, 9.17) is 9.16 Å². The molecule has 3 nitrogen and oxygen atoms in total. The highest BCUT2D eigenvalue weighted by Crippen LogP contribution is 2.64. The smallest absolute Gasteiger partial charge is 0.334 e. The number of carbonyl (C=O) groups is 1. The van der Waals surface area contributed by atoms with Crippen LogP contribution in [0.2, 0.25) is 18.1 Å². The maximum atomic E-state index is 13.1. The molecule has 3 aliphatic carbocycles. The third kappa shape index (κ3) is 4.43. The standard InChI is InChI=1S/C28H48O3Si/c1-19-13-12-17-27(5,6)22-16-18-28(7,23(19)22)21-15-11-14-20(21)24(25(29)30-8)31-32(9,10)26(2,3)4/h11,15,20-24H,1,12-14,16-18H2,2-10H3/t20-,21-,22-,23-,24-,28+/m1/s1. The normalized spacial score (nSPS) is 36.0. The van der Waals surface area contributed by atoms with Crippen molar-refractivity contribution >= 4 is 14.3 Å². The van der Waals surface area contributed by atoms with Crippen LogP contribution in [0.25, 0.3) is 0 Å². The summed E-state index contributed by atoms with van der Waals surface area (Å²) < 4.78 is 12.1. The minimum atomic E-state index is -2.13. The summed E-state index contributed by atoms with van der Waals surface area (Å²) in [7, 11) is -0.629. The SMILES string of the molecule is C=C1CCCC(C)(C)[C@@H]2CC[C@@](C)([C@@H]3C=CC[C@H]3[C@@H](O[Si](C)(C)C(C)(C)C)C(=O)OC)[C@H]12. The molecular weight excluding hydrogens is 412 g/mol. The molecule has 6 atom stereocenters. The van der Waals surface area contributed by atoms with Gasteiger partial charge in [-0.25, -0.2) is 4.79 Å². The number of rotatable bonds is 5. The molecule has 0 spiro atoms. The predicted octanol–water partition coefficient (Wildman–Crippen LogP) is 7.54. The van der Waals surface area contributed by atoms with Crippen LogP contribution in [0, 0.1) is 34.5 Å². The molecule has 0 aromatic carbocycles. The van der Waals surface area contributed by atoms with E-state index >= 15 is 0 Å². The van der Waals surface area contributed by atoms with Gasteiger partial charge < -0.3 is 9.16 Å². The fraction of sp³-hybridized carbons (Fsp3) is 0.821. The second kappa shape index (κ2) is 8.72. The van der Waals surface area contributed by atoms with E-state index in [-0.39, 0.29) is 22.3 Å². The van der Waals surface area contributed by atoms with Crippen LogP contribution in [0.5, 0.6) is 0 Å². The first-order chi connectivity index (χ1) is 14.7. The Hall–Kier alpha value is -0.873. The van der Waals surface area contributed by atoms with Gasteiger partial charge >= 0.3 is 5.97 Å². The fourth-order valence-electron chi connectivity index (χ4n) is 6.94. The molecule has 0 amide bonds. The summed E-state index contributed by atoms with van der Waals surface area (Å²) in [5.41, 5.74) is 1.91. The first kappa shape index (κ1) is 25.7. The number of allylic oxidation sites excluding steroid dienone is 3. The first-order valence-corrected chi connectivity index (χ1v) is 15.7. The highest BCUT2D eigenvalue weighted by atomic mass is 28.4. The molecule has 4 heteroatoms. The van der Waals surface area contributed by atoms with Crippen LogP contribution in [-0.4, -0.2) is 27.5 Å². The molecule has 0 aromatic rings. The Bertz CT molecular complexity index is 759. The highest BCUT2D eigenvalue weighted by molar-refractivity contribution is 6.74. The van der Waals surface area contributed by atoms with Crippen molar-refractivity contribution in [1.29, 1.82) is 0 Å². The average Bonchev–Trinajstić information content (AvgIpc) is 3.27. The van der Waals surface area contributed by atoms with E-state index in [1.54, 1.807) is 0 Å². The van der Waals surface area contributed by atoms with E-state index in [1.807, 2.05) is 0 Å². The number of hydrogen-bond donors (Lipinski definition) is 0. The average molecular weight is 461 g/mol. The quantitative estimate of drug-likeness (QED) is 0.241. The molecular formula is C28H48O3Si. The summed E-state index contributed by atoms with van der Waals surface area (Å²) >= 11 is 0. The van der Waals surface area contributed by atoms with Gasteiger partial charge in [0.25, 0.3) is 0 Å². The lowest BCUT2D eigenvalue weighted by Crippen LogP contribution is -2.51. The Kier molecular flexibility index (Phi) is 7.02. The molecule has 182 valence electrons. The van der Waals surface area contributed by atoms with Crippen molar-refractivity contribution < 1.29 is 14.0 Å². The van der Waals surface area contributed by atoms with Gasteiger partial charge in [0.05, 0.1) is 7.11 Å². The van der Waals surface area contributed by atoms with Crippen LogP contribution < -0.4 is 0 Å². The number of esters is 1. The zero-order valence-electron chi connectivity index (χ0n) is 22.2. The lowest BCUT2D eigenvalue weighted by atomic mass is 9.59. The monoisotopic (exact) mass is 460 g/mol. The number of fused-ring (bicyclic) bond motifs is 1. The van der Waals surface area contributed by atoms with E-state index in [9.17, 15) is 4.79 Å². The van der Waals surface area contributed by atoms with Gasteiger partial charge in [0.15, 0.2) is 8.32 Å². The molecule has 0 aliphatic heterocycles. The molecule has 0 saturated heterocycles. The summed E-state index contributed by atoms with van der Waals surface area (Å²) in [6.45, 7) is 23.2. The zero-order chi connectivity index (χ0) is 24.1. The lowest BCUT2D eigenvalue weighted by molar-refractivity contribution is -0.154. The van der Waals surface area contributed by atoms with Crippen molar-refractivity contribution in [2.45, 2.75) is 104 Å². The molecule has 0 heterocycles. The van der Waals surface area contributed by atoms with E-state index in [0.29, 0.717) is 23.2 Å². The van der Waals surface area contributed by atoms with Crippen LogP contribution in [0.3, 0.4) is 0 Å². The molecule has 2 fully saturated rings. The van der Waals surface area contributed by atoms with Crippen LogP contribution >= 0.6 is 0 Å². The van der Waals surface area contributed by atoms with Crippen molar-refractivity contribution in [2.75, 3.05) is 7.11 Å².